The Hall–Kier alpha value is -3.78. The first kappa shape index (κ1) is 20.9. The van der Waals surface area contributed by atoms with Gasteiger partial charge in [-0.05, 0) is 36.8 Å². The van der Waals surface area contributed by atoms with Gasteiger partial charge in [-0.2, -0.15) is 9.65 Å². The van der Waals surface area contributed by atoms with Crippen LogP contribution in [0.25, 0.3) is 11.3 Å². The van der Waals surface area contributed by atoms with Crippen LogP contribution in [0.15, 0.2) is 53.7 Å². The van der Waals surface area contributed by atoms with Crippen LogP contribution in [0.1, 0.15) is 11.1 Å². The van der Waals surface area contributed by atoms with Crippen molar-refractivity contribution in [1.29, 1.82) is 5.26 Å². The average Bonchev–Trinajstić information content (AvgIpc) is 3.05. The fourth-order valence-corrected chi connectivity index (χ4v) is 4.26. The molecule has 154 valence electrons. The zero-order chi connectivity index (χ0) is 21.9. The van der Waals surface area contributed by atoms with Crippen LogP contribution in [-0.2, 0) is 16.4 Å². The Balaban J connectivity index is 2.20. The molecule has 3 rings (SSSR count). The molecule has 0 unspecified atom stereocenters. The van der Waals surface area contributed by atoms with Gasteiger partial charge in [-0.25, -0.2) is 26.6 Å². The van der Waals surface area contributed by atoms with Crippen molar-refractivity contribution >= 4 is 16.1 Å². The summed E-state index contributed by atoms with van der Waals surface area (Å²) in [6.45, 7) is -0.185. The number of hydrogen-bond acceptors (Lipinski definition) is 5. The van der Waals surface area contributed by atoms with Crippen molar-refractivity contribution in [2.75, 3.05) is 6.54 Å². The number of nitriles is 1. The normalized spacial score (nSPS) is 11.1. The molecular formula is C19H14F2N4O4S. The summed E-state index contributed by atoms with van der Waals surface area (Å²) < 4.78 is 56.4. The minimum atomic E-state index is -4.42. The Morgan fingerprint density at radius 1 is 1.27 bits per heavy atom. The molecule has 0 spiro atoms. The maximum absolute atomic E-state index is 15.2. The van der Waals surface area contributed by atoms with E-state index in [2.05, 4.69) is 10.3 Å². The first-order valence-electron chi connectivity index (χ1n) is 8.49. The highest BCUT2D eigenvalue weighted by Gasteiger charge is 2.28. The Morgan fingerprint density at radius 2 is 2.03 bits per heavy atom. The topological polar surface area (TPSA) is 125 Å². The lowest BCUT2D eigenvalue weighted by Crippen LogP contribution is -2.23. The zero-order valence-corrected chi connectivity index (χ0v) is 16.0. The summed E-state index contributed by atoms with van der Waals surface area (Å²) >= 11 is 0. The number of benzene rings is 1. The Bertz CT molecular complexity index is 1270. The van der Waals surface area contributed by atoms with E-state index in [0.29, 0.717) is 3.97 Å². The minimum absolute atomic E-state index is 0.0729. The van der Waals surface area contributed by atoms with Gasteiger partial charge in [0, 0.05) is 24.5 Å². The van der Waals surface area contributed by atoms with Gasteiger partial charge in [-0.15, -0.1) is 0 Å². The molecule has 0 radical (unpaired) electrons. The number of halogens is 2. The summed E-state index contributed by atoms with van der Waals surface area (Å²) in [4.78, 5) is 13.8. The van der Waals surface area contributed by atoms with Crippen LogP contribution in [0.2, 0.25) is 0 Å². The van der Waals surface area contributed by atoms with Crippen molar-refractivity contribution in [1.82, 2.24) is 14.3 Å². The monoisotopic (exact) mass is 432 g/mol. The molecule has 0 atom stereocenters. The Kier molecular flexibility index (Phi) is 5.79. The van der Waals surface area contributed by atoms with Crippen molar-refractivity contribution in [3.8, 4) is 17.3 Å². The highest BCUT2D eigenvalue weighted by atomic mass is 32.2. The number of nitrogens with one attached hydrogen (secondary N) is 1. The molecule has 0 saturated heterocycles. The molecular weight excluding hydrogens is 418 g/mol. The second kappa shape index (κ2) is 8.30. The van der Waals surface area contributed by atoms with Crippen LogP contribution in [0, 0.1) is 23.1 Å². The molecule has 0 saturated carbocycles. The first-order valence-corrected chi connectivity index (χ1v) is 9.93. The number of carbonyl (C=O) groups is 1. The largest absolute Gasteiger partial charge is 0.465 e. The highest BCUT2D eigenvalue weighted by Crippen LogP contribution is 2.32. The molecule has 0 fully saturated rings. The van der Waals surface area contributed by atoms with Crippen molar-refractivity contribution < 1.29 is 27.1 Å². The van der Waals surface area contributed by atoms with Gasteiger partial charge in [0.2, 0.25) is 5.95 Å². The molecule has 2 aromatic heterocycles. The van der Waals surface area contributed by atoms with E-state index in [1.165, 1.54) is 30.3 Å². The number of carboxylic acid groups (broad SMARTS) is 1. The molecule has 1 amide bonds. The van der Waals surface area contributed by atoms with Crippen LogP contribution < -0.4 is 5.32 Å². The lowest BCUT2D eigenvalue weighted by Gasteiger charge is -2.11. The van der Waals surface area contributed by atoms with Crippen LogP contribution in [0.4, 0.5) is 13.6 Å². The Morgan fingerprint density at radius 3 is 2.70 bits per heavy atom. The van der Waals surface area contributed by atoms with E-state index in [9.17, 15) is 17.6 Å². The van der Waals surface area contributed by atoms with Crippen LogP contribution >= 0.6 is 0 Å². The predicted octanol–water partition coefficient (Wildman–Crippen LogP) is 2.75. The number of hydrogen-bond donors (Lipinski definition) is 2. The number of rotatable bonds is 6. The van der Waals surface area contributed by atoms with Gasteiger partial charge in [0.05, 0.1) is 22.1 Å². The molecule has 11 heteroatoms. The number of nitrogens with zero attached hydrogens (tertiary/aromatic N) is 3. The second-order valence-electron chi connectivity index (χ2n) is 6.08. The van der Waals surface area contributed by atoms with E-state index in [4.69, 9.17) is 10.4 Å². The molecule has 2 heterocycles. The fourth-order valence-electron chi connectivity index (χ4n) is 2.82. The standard InChI is InChI=1S/C19H14F2N4O4S/c20-16-13(6-8-24-19(26)27)11-25(17(16)15-5-2-7-23-18(15)21)30(28,29)14-4-1-3-12(9-14)10-22/h1-5,7,9,11,24H,6,8H2,(H,26,27). The second-order valence-corrected chi connectivity index (χ2v) is 7.90. The lowest BCUT2D eigenvalue weighted by molar-refractivity contribution is 0.194. The third-order valence-electron chi connectivity index (χ3n) is 4.19. The summed E-state index contributed by atoms with van der Waals surface area (Å²) in [5.41, 5.74) is -1.02. The van der Waals surface area contributed by atoms with Gasteiger partial charge in [-0.3, -0.25) is 0 Å². The summed E-state index contributed by atoms with van der Waals surface area (Å²) in [5.74, 6) is -2.10. The van der Waals surface area contributed by atoms with Gasteiger partial charge >= 0.3 is 6.09 Å². The van der Waals surface area contributed by atoms with E-state index in [1.54, 1.807) is 0 Å². The maximum atomic E-state index is 15.2. The van der Waals surface area contributed by atoms with E-state index in [0.717, 1.165) is 18.5 Å². The van der Waals surface area contributed by atoms with Crippen molar-refractivity contribution in [3.63, 3.8) is 0 Å². The van der Waals surface area contributed by atoms with E-state index in [1.807, 2.05) is 6.07 Å². The van der Waals surface area contributed by atoms with Crippen molar-refractivity contribution in [3.05, 3.63) is 71.7 Å². The molecule has 0 aliphatic rings. The molecule has 1 aromatic carbocycles. The van der Waals surface area contributed by atoms with Gasteiger partial charge in [-0.1, -0.05) is 6.07 Å². The maximum Gasteiger partial charge on any atom is 0.404 e. The van der Waals surface area contributed by atoms with Crippen molar-refractivity contribution in [2.45, 2.75) is 11.3 Å². The quantitative estimate of drug-likeness (QED) is 0.577. The van der Waals surface area contributed by atoms with Gasteiger partial charge in [0.25, 0.3) is 10.0 Å². The smallest absolute Gasteiger partial charge is 0.404 e. The fraction of sp³-hybridized carbons (Fsp3) is 0.105. The lowest BCUT2D eigenvalue weighted by atomic mass is 10.1. The zero-order valence-electron chi connectivity index (χ0n) is 15.2. The molecule has 0 aliphatic carbocycles. The Labute approximate surface area is 170 Å². The van der Waals surface area contributed by atoms with Gasteiger partial charge in [0.1, 0.15) is 5.69 Å². The van der Waals surface area contributed by atoms with Crippen LogP contribution in [0.3, 0.4) is 0 Å². The third-order valence-corrected chi connectivity index (χ3v) is 5.84. The predicted molar refractivity (Wildman–Crippen MR) is 101 cm³/mol. The summed E-state index contributed by atoms with van der Waals surface area (Å²) in [6.07, 6.45) is 0.601. The summed E-state index contributed by atoms with van der Waals surface area (Å²) in [5, 5.41) is 19.8. The van der Waals surface area contributed by atoms with E-state index < -0.39 is 33.6 Å². The molecule has 8 nitrogen and oxygen atoms in total. The van der Waals surface area contributed by atoms with Gasteiger partial charge < -0.3 is 10.4 Å². The highest BCUT2D eigenvalue weighted by molar-refractivity contribution is 7.90. The van der Waals surface area contributed by atoms with Crippen LogP contribution in [-0.4, -0.2) is 35.1 Å². The minimum Gasteiger partial charge on any atom is -0.465 e. The average molecular weight is 432 g/mol. The third kappa shape index (κ3) is 3.99. The SMILES string of the molecule is N#Cc1cccc(S(=O)(=O)n2cc(CCNC(=O)O)c(F)c2-c2cccnc2F)c1. The van der Waals surface area contributed by atoms with Crippen molar-refractivity contribution in [2.24, 2.45) is 0 Å². The van der Waals surface area contributed by atoms with E-state index >= 15 is 4.39 Å². The molecule has 2 N–H and O–H groups in total. The first-order chi connectivity index (χ1) is 14.3. The number of aromatic nitrogens is 2. The molecule has 3 aromatic rings. The number of amides is 1. The van der Waals surface area contributed by atoms with Crippen LogP contribution in [0.5, 0.6) is 0 Å². The summed E-state index contributed by atoms with van der Waals surface area (Å²) in [7, 11) is -4.42. The molecule has 0 aliphatic heterocycles. The number of pyridine rings is 1. The van der Waals surface area contributed by atoms with E-state index in [-0.39, 0.29) is 34.6 Å². The summed E-state index contributed by atoms with van der Waals surface area (Å²) in [6, 6.07) is 9.42. The van der Waals surface area contributed by atoms with Gasteiger partial charge in [0.15, 0.2) is 5.82 Å². The molecule has 0 bridgehead atoms. The molecule has 30 heavy (non-hydrogen) atoms.